The first kappa shape index (κ1) is 16.6. The standard InChI is InChI=1S/C19H24N4OS/c1-22-14-20-12-18(22)19-10-15(6-8-24-19)21-11-16-4-2-7-23(16)13-17-5-3-9-25-17/h2-5,7,9,12,14-15,19,21H,6,8,10-11,13H2,1H3/t15-,19-/m1/s1. The molecular formula is C19H24N4OS. The second kappa shape index (κ2) is 7.56. The predicted octanol–water partition coefficient (Wildman–Crippen LogP) is 3.34. The average Bonchev–Trinajstić information content (AvgIpc) is 3.36. The Balaban J connectivity index is 1.35. The Morgan fingerprint density at radius 2 is 2.32 bits per heavy atom. The van der Waals surface area contributed by atoms with E-state index in [9.17, 15) is 0 Å². The lowest BCUT2D eigenvalue weighted by Crippen LogP contribution is -2.36. The van der Waals surface area contributed by atoms with Crippen LogP contribution >= 0.6 is 11.3 Å². The molecule has 0 unspecified atom stereocenters. The first-order valence-electron chi connectivity index (χ1n) is 8.77. The normalized spacial score (nSPS) is 20.8. The third-order valence-corrected chi connectivity index (χ3v) is 5.73. The molecule has 3 aromatic rings. The predicted molar refractivity (Wildman–Crippen MR) is 99.6 cm³/mol. The zero-order valence-corrected chi connectivity index (χ0v) is 15.3. The molecule has 3 aromatic heterocycles. The highest BCUT2D eigenvalue weighted by Gasteiger charge is 2.25. The van der Waals surface area contributed by atoms with Gasteiger partial charge >= 0.3 is 0 Å². The van der Waals surface area contributed by atoms with Crippen molar-refractivity contribution in [3.05, 3.63) is 64.6 Å². The molecule has 4 rings (SSSR count). The molecule has 4 heterocycles. The van der Waals surface area contributed by atoms with E-state index in [-0.39, 0.29) is 6.10 Å². The van der Waals surface area contributed by atoms with Crippen LogP contribution in [0.2, 0.25) is 0 Å². The minimum Gasteiger partial charge on any atom is -0.372 e. The zero-order valence-electron chi connectivity index (χ0n) is 14.5. The molecule has 25 heavy (non-hydrogen) atoms. The molecule has 1 aliphatic heterocycles. The van der Waals surface area contributed by atoms with Crippen molar-refractivity contribution in [2.75, 3.05) is 6.61 Å². The van der Waals surface area contributed by atoms with E-state index >= 15 is 0 Å². The summed E-state index contributed by atoms with van der Waals surface area (Å²) in [6.45, 7) is 2.64. The Morgan fingerprint density at radius 3 is 3.12 bits per heavy atom. The first-order valence-corrected chi connectivity index (χ1v) is 9.65. The monoisotopic (exact) mass is 356 g/mol. The molecule has 0 bridgehead atoms. The van der Waals surface area contributed by atoms with Gasteiger partial charge in [0.2, 0.25) is 0 Å². The molecule has 0 aromatic carbocycles. The van der Waals surface area contributed by atoms with E-state index in [4.69, 9.17) is 4.74 Å². The maximum absolute atomic E-state index is 5.96. The molecule has 0 spiro atoms. The van der Waals surface area contributed by atoms with Gasteiger partial charge in [0.1, 0.15) is 6.10 Å². The number of hydrogen-bond acceptors (Lipinski definition) is 4. The van der Waals surface area contributed by atoms with Crippen LogP contribution in [0.1, 0.15) is 35.2 Å². The highest BCUT2D eigenvalue weighted by molar-refractivity contribution is 7.09. The third kappa shape index (κ3) is 3.86. The Hall–Kier alpha value is -1.89. The molecule has 1 N–H and O–H groups in total. The topological polar surface area (TPSA) is 44.0 Å². The number of aromatic nitrogens is 3. The van der Waals surface area contributed by atoms with Gasteiger partial charge in [-0.15, -0.1) is 11.3 Å². The number of nitrogens with one attached hydrogen (secondary N) is 1. The fourth-order valence-electron chi connectivity index (χ4n) is 3.45. The number of hydrogen-bond donors (Lipinski definition) is 1. The maximum Gasteiger partial charge on any atom is 0.100 e. The van der Waals surface area contributed by atoms with Crippen molar-refractivity contribution >= 4 is 11.3 Å². The van der Waals surface area contributed by atoms with Crippen molar-refractivity contribution in [3.8, 4) is 0 Å². The minimum atomic E-state index is 0.136. The second-order valence-electron chi connectivity index (χ2n) is 6.60. The van der Waals surface area contributed by atoms with E-state index < -0.39 is 0 Å². The van der Waals surface area contributed by atoms with Gasteiger partial charge in [0.15, 0.2) is 0 Å². The van der Waals surface area contributed by atoms with Crippen LogP contribution in [0, 0.1) is 0 Å². The smallest absolute Gasteiger partial charge is 0.100 e. The number of rotatable bonds is 6. The van der Waals surface area contributed by atoms with Crippen LogP contribution in [0.5, 0.6) is 0 Å². The number of ether oxygens (including phenoxy) is 1. The Labute approximate surface area is 152 Å². The molecule has 132 valence electrons. The summed E-state index contributed by atoms with van der Waals surface area (Å²) in [6, 6.07) is 9.12. The number of thiophene rings is 1. The summed E-state index contributed by atoms with van der Waals surface area (Å²) >= 11 is 1.81. The van der Waals surface area contributed by atoms with E-state index in [2.05, 4.69) is 55.3 Å². The van der Waals surface area contributed by atoms with Crippen LogP contribution in [0.25, 0.3) is 0 Å². The van der Waals surface area contributed by atoms with Crippen LogP contribution in [0.15, 0.2) is 48.4 Å². The van der Waals surface area contributed by atoms with Crippen LogP contribution in [-0.4, -0.2) is 26.8 Å². The van der Waals surface area contributed by atoms with E-state index in [1.54, 1.807) is 0 Å². The second-order valence-corrected chi connectivity index (χ2v) is 7.63. The third-order valence-electron chi connectivity index (χ3n) is 4.87. The van der Waals surface area contributed by atoms with Gasteiger partial charge in [-0.2, -0.15) is 0 Å². The molecule has 1 fully saturated rings. The summed E-state index contributed by atoms with van der Waals surface area (Å²) in [5.74, 6) is 0. The molecule has 0 amide bonds. The lowest BCUT2D eigenvalue weighted by Gasteiger charge is -2.30. The Kier molecular flexibility index (Phi) is 5.01. The molecule has 5 nitrogen and oxygen atoms in total. The highest BCUT2D eigenvalue weighted by atomic mass is 32.1. The van der Waals surface area contributed by atoms with E-state index in [0.717, 1.165) is 38.2 Å². The average molecular weight is 356 g/mol. The van der Waals surface area contributed by atoms with Crippen molar-refractivity contribution in [2.24, 2.45) is 7.05 Å². The molecule has 6 heteroatoms. The highest BCUT2D eigenvalue weighted by Crippen LogP contribution is 2.27. The summed E-state index contributed by atoms with van der Waals surface area (Å²) in [5.41, 5.74) is 2.49. The van der Waals surface area contributed by atoms with Crippen molar-refractivity contribution in [2.45, 2.75) is 38.1 Å². The minimum absolute atomic E-state index is 0.136. The van der Waals surface area contributed by atoms with Gasteiger partial charge < -0.3 is 19.2 Å². The van der Waals surface area contributed by atoms with E-state index in [1.807, 2.05) is 30.9 Å². The SMILES string of the molecule is Cn1cncc1[C@H]1C[C@H](NCc2cccn2Cc2cccs2)CCO1. The van der Waals surface area contributed by atoms with Crippen LogP contribution < -0.4 is 5.32 Å². The van der Waals surface area contributed by atoms with Gasteiger partial charge in [-0.05, 0) is 36.4 Å². The fraction of sp³-hybridized carbons (Fsp3) is 0.421. The molecule has 0 aliphatic carbocycles. The van der Waals surface area contributed by atoms with Crippen molar-refractivity contribution < 1.29 is 4.74 Å². The molecule has 2 atom stereocenters. The summed E-state index contributed by atoms with van der Waals surface area (Å²) < 4.78 is 10.3. The summed E-state index contributed by atoms with van der Waals surface area (Å²) in [4.78, 5) is 5.60. The molecule has 0 radical (unpaired) electrons. The molecule has 1 saturated heterocycles. The fourth-order valence-corrected chi connectivity index (χ4v) is 4.15. The summed E-state index contributed by atoms with van der Waals surface area (Å²) in [7, 11) is 2.03. The van der Waals surface area contributed by atoms with Gasteiger partial charge in [0.25, 0.3) is 0 Å². The molecule has 0 saturated carbocycles. The van der Waals surface area contributed by atoms with Crippen LogP contribution in [0.3, 0.4) is 0 Å². The first-order chi connectivity index (χ1) is 12.3. The number of imidazole rings is 1. The van der Waals surface area contributed by atoms with Crippen molar-refractivity contribution in [3.63, 3.8) is 0 Å². The van der Waals surface area contributed by atoms with Gasteiger partial charge in [0.05, 0.1) is 24.8 Å². The van der Waals surface area contributed by atoms with Crippen LogP contribution in [-0.2, 0) is 24.9 Å². The number of nitrogens with zero attached hydrogens (tertiary/aromatic N) is 3. The zero-order chi connectivity index (χ0) is 17.1. The van der Waals surface area contributed by atoms with E-state index in [0.29, 0.717) is 6.04 Å². The number of aryl methyl sites for hydroxylation is 1. The Morgan fingerprint density at radius 1 is 1.36 bits per heavy atom. The van der Waals surface area contributed by atoms with Gasteiger partial charge in [-0.25, -0.2) is 4.98 Å². The van der Waals surface area contributed by atoms with Gasteiger partial charge in [-0.3, -0.25) is 0 Å². The van der Waals surface area contributed by atoms with E-state index in [1.165, 1.54) is 10.6 Å². The summed E-state index contributed by atoms with van der Waals surface area (Å²) in [5, 5.41) is 5.86. The molecule has 1 aliphatic rings. The molecular weight excluding hydrogens is 332 g/mol. The van der Waals surface area contributed by atoms with Crippen molar-refractivity contribution in [1.29, 1.82) is 0 Å². The van der Waals surface area contributed by atoms with Gasteiger partial charge in [0, 0.05) is 43.0 Å². The quantitative estimate of drug-likeness (QED) is 0.737. The lowest BCUT2D eigenvalue weighted by molar-refractivity contribution is -0.00412. The Bertz CT molecular complexity index is 792. The van der Waals surface area contributed by atoms with Gasteiger partial charge in [-0.1, -0.05) is 6.07 Å². The largest absolute Gasteiger partial charge is 0.372 e. The van der Waals surface area contributed by atoms with Crippen LogP contribution in [0.4, 0.5) is 0 Å². The lowest BCUT2D eigenvalue weighted by atomic mass is 10.0. The summed E-state index contributed by atoms with van der Waals surface area (Å²) in [6.07, 6.45) is 8.10. The maximum atomic E-state index is 5.96. The van der Waals surface area contributed by atoms with Crippen molar-refractivity contribution in [1.82, 2.24) is 19.4 Å².